The highest BCUT2D eigenvalue weighted by atomic mass is 35.5. The maximum atomic E-state index is 12.7. The zero-order valence-electron chi connectivity index (χ0n) is 9.88. The van der Waals surface area contributed by atoms with Gasteiger partial charge in [0.05, 0.1) is 5.02 Å². The quantitative estimate of drug-likeness (QED) is 0.894. The number of halogens is 4. The Morgan fingerprint density at radius 1 is 1.42 bits per heavy atom. The maximum absolute atomic E-state index is 12.7. The molecule has 1 heterocycles. The molecule has 9 heteroatoms. The molecule has 1 amide bonds. The smallest absolute Gasteiger partial charge is 0.422 e. The summed E-state index contributed by atoms with van der Waals surface area (Å²) in [6, 6.07) is 1.13. The number of aromatic nitrogens is 1. The van der Waals surface area contributed by atoms with E-state index in [0.717, 1.165) is 6.07 Å². The Morgan fingerprint density at radius 3 is 2.26 bits per heavy atom. The van der Waals surface area contributed by atoms with Crippen molar-refractivity contribution < 1.29 is 27.9 Å². The summed E-state index contributed by atoms with van der Waals surface area (Å²) in [7, 11) is 1.40. The molecule has 2 N–H and O–H groups in total. The lowest BCUT2D eigenvalue weighted by molar-refractivity contribution is -0.203. The summed E-state index contributed by atoms with van der Waals surface area (Å²) in [6.07, 6.45) is -3.83. The first-order valence-electron chi connectivity index (χ1n) is 4.93. The Morgan fingerprint density at radius 2 is 1.95 bits per heavy atom. The van der Waals surface area contributed by atoms with E-state index in [4.69, 9.17) is 16.7 Å². The number of carbonyl (C=O) groups excluding carboxylic acids is 1. The molecular formula is C10H10ClF3N2O3. The number of carbonyl (C=O) groups is 2. The summed E-state index contributed by atoms with van der Waals surface area (Å²) in [5.41, 5.74) is -3.55. The van der Waals surface area contributed by atoms with Crippen molar-refractivity contribution in [2.75, 3.05) is 0 Å². The zero-order chi connectivity index (χ0) is 15.0. The van der Waals surface area contributed by atoms with Gasteiger partial charge in [-0.1, -0.05) is 11.6 Å². The number of alkyl halides is 3. The van der Waals surface area contributed by atoms with Crippen molar-refractivity contribution >= 4 is 23.5 Å². The van der Waals surface area contributed by atoms with Crippen LogP contribution in [-0.2, 0) is 11.8 Å². The summed E-state index contributed by atoms with van der Waals surface area (Å²) in [6.45, 7) is 0.373. The van der Waals surface area contributed by atoms with Crippen LogP contribution in [0.2, 0.25) is 5.02 Å². The van der Waals surface area contributed by atoms with Crippen molar-refractivity contribution in [1.82, 2.24) is 9.88 Å². The molecule has 0 spiro atoms. The van der Waals surface area contributed by atoms with Crippen LogP contribution in [-0.4, -0.2) is 33.3 Å². The number of carboxylic acid groups (broad SMARTS) is 1. The van der Waals surface area contributed by atoms with Gasteiger partial charge in [-0.25, -0.2) is 4.79 Å². The molecular weight excluding hydrogens is 289 g/mol. The number of aliphatic carboxylic acids is 1. The molecule has 5 nitrogen and oxygen atoms in total. The van der Waals surface area contributed by atoms with Gasteiger partial charge in [-0.2, -0.15) is 13.2 Å². The van der Waals surface area contributed by atoms with Gasteiger partial charge in [-0.05, 0) is 13.0 Å². The number of carboxylic acids is 1. The molecule has 0 saturated heterocycles. The standard InChI is InChI=1S/C10H10ClF3N2O3/c1-9(8(18)19,10(12,13)14)15-7(17)6-3-5(11)4-16(6)2/h3-4H,1-2H3,(H,15,17)(H,18,19). The summed E-state index contributed by atoms with van der Waals surface area (Å²) in [4.78, 5) is 22.4. The topological polar surface area (TPSA) is 71.3 Å². The number of hydrogen-bond donors (Lipinski definition) is 2. The highest BCUT2D eigenvalue weighted by Gasteiger charge is 2.58. The van der Waals surface area contributed by atoms with Crippen LogP contribution in [0.1, 0.15) is 17.4 Å². The van der Waals surface area contributed by atoms with E-state index in [2.05, 4.69) is 0 Å². The maximum Gasteiger partial charge on any atom is 0.422 e. The summed E-state index contributed by atoms with van der Waals surface area (Å²) >= 11 is 5.59. The molecule has 106 valence electrons. The molecule has 1 rings (SSSR count). The van der Waals surface area contributed by atoms with Gasteiger partial charge in [-0.15, -0.1) is 0 Å². The Bertz CT molecular complexity index is 527. The van der Waals surface area contributed by atoms with Gasteiger partial charge in [0.2, 0.25) is 5.54 Å². The molecule has 0 bridgehead atoms. The highest BCUT2D eigenvalue weighted by Crippen LogP contribution is 2.30. The van der Waals surface area contributed by atoms with E-state index in [1.54, 1.807) is 0 Å². The average Bonchev–Trinajstić information content (AvgIpc) is 2.55. The average molecular weight is 299 g/mol. The fourth-order valence-electron chi connectivity index (χ4n) is 1.29. The first-order chi connectivity index (χ1) is 8.49. The monoisotopic (exact) mass is 298 g/mol. The van der Waals surface area contributed by atoms with E-state index in [1.807, 2.05) is 0 Å². The predicted octanol–water partition coefficient (Wildman–Crippen LogP) is 1.81. The molecule has 19 heavy (non-hydrogen) atoms. The van der Waals surface area contributed by atoms with Crippen LogP contribution < -0.4 is 5.32 Å². The van der Waals surface area contributed by atoms with Gasteiger partial charge >= 0.3 is 12.1 Å². The van der Waals surface area contributed by atoms with Gasteiger partial charge < -0.3 is 15.0 Å². The van der Waals surface area contributed by atoms with Crippen LogP contribution in [0.4, 0.5) is 13.2 Å². The Balaban J connectivity index is 3.09. The molecule has 0 aliphatic carbocycles. The van der Waals surface area contributed by atoms with Crippen LogP contribution in [0, 0.1) is 0 Å². The number of rotatable bonds is 3. The minimum Gasteiger partial charge on any atom is -0.479 e. The van der Waals surface area contributed by atoms with Crippen molar-refractivity contribution in [2.45, 2.75) is 18.6 Å². The summed E-state index contributed by atoms with van der Waals surface area (Å²) in [5, 5.41) is 10.3. The van der Waals surface area contributed by atoms with Crippen molar-refractivity contribution in [3.63, 3.8) is 0 Å². The van der Waals surface area contributed by atoms with Crippen LogP contribution in [0.25, 0.3) is 0 Å². The number of nitrogens with zero attached hydrogens (tertiary/aromatic N) is 1. The third-order valence-electron chi connectivity index (χ3n) is 2.56. The molecule has 0 aliphatic heterocycles. The van der Waals surface area contributed by atoms with Gasteiger partial charge in [0.1, 0.15) is 5.69 Å². The van der Waals surface area contributed by atoms with Crippen LogP contribution >= 0.6 is 11.6 Å². The van der Waals surface area contributed by atoms with Crippen LogP contribution in [0.3, 0.4) is 0 Å². The number of hydrogen-bond acceptors (Lipinski definition) is 2. The normalized spacial score (nSPS) is 14.8. The van der Waals surface area contributed by atoms with Crippen molar-refractivity contribution in [2.24, 2.45) is 7.05 Å². The van der Waals surface area contributed by atoms with Crippen LogP contribution in [0.5, 0.6) is 0 Å². The van der Waals surface area contributed by atoms with E-state index < -0.39 is 23.6 Å². The third kappa shape index (κ3) is 2.83. The Hall–Kier alpha value is -1.70. The SMILES string of the molecule is Cn1cc(Cl)cc1C(=O)NC(C)(C(=O)O)C(F)(F)F. The van der Waals surface area contributed by atoms with E-state index in [-0.39, 0.29) is 10.7 Å². The molecule has 1 atom stereocenters. The molecule has 0 radical (unpaired) electrons. The van der Waals surface area contributed by atoms with Crippen molar-refractivity contribution in [3.05, 3.63) is 23.0 Å². The lowest BCUT2D eigenvalue weighted by Gasteiger charge is -2.28. The van der Waals surface area contributed by atoms with Crippen LogP contribution in [0.15, 0.2) is 12.3 Å². The second kappa shape index (κ2) is 4.76. The second-order valence-corrected chi connectivity index (χ2v) is 4.47. The fraction of sp³-hybridized carbons (Fsp3) is 0.400. The highest BCUT2D eigenvalue weighted by molar-refractivity contribution is 6.31. The minimum atomic E-state index is -5.14. The van der Waals surface area contributed by atoms with Crippen molar-refractivity contribution in [1.29, 1.82) is 0 Å². The number of amides is 1. The van der Waals surface area contributed by atoms with Gasteiger partial charge in [0.25, 0.3) is 5.91 Å². The lowest BCUT2D eigenvalue weighted by atomic mass is 10.0. The first kappa shape index (κ1) is 15.4. The molecule has 1 aromatic rings. The largest absolute Gasteiger partial charge is 0.479 e. The van der Waals surface area contributed by atoms with Gasteiger partial charge in [0.15, 0.2) is 0 Å². The third-order valence-corrected chi connectivity index (χ3v) is 2.77. The number of nitrogens with one attached hydrogen (secondary N) is 1. The van der Waals surface area contributed by atoms with E-state index in [0.29, 0.717) is 6.92 Å². The molecule has 1 unspecified atom stereocenters. The predicted molar refractivity (Wildman–Crippen MR) is 60.0 cm³/mol. The molecule has 0 fully saturated rings. The molecule has 0 aromatic carbocycles. The molecule has 1 aromatic heterocycles. The Kier molecular flexibility index (Phi) is 3.85. The number of aryl methyl sites for hydroxylation is 1. The molecule has 0 aliphatic rings. The first-order valence-corrected chi connectivity index (χ1v) is 5.31. The van der Waals surface area contributed by atoms with Gasteiger partial charge in [0, 0.05) is 13.2 Å². The minimum absolute atomic E-state index is 0.150. The van der Waals surface area contributed by atoms with Crippen molar-refractivity contribution in [3.8, 4) is 0 Å². The van der Waals surface area contributed by atoms with E-state index in [9.17, 15) is 22.8 Å². The summed E-state index contributed by atoms with van der Waals surface area (Å²) in [5.74, 6) is -3.38. The molecule has 0 saturated carbocycles. The van der Waals surface area contributed by atoms with E-state index in [1.165, 1.54) is 23.1 Å². The van der Waals surface area contributed by atoms with E-state index >= 15 is 0 Å². The second-order valence-electron chi connectivity index (χ2n) is 4.04. The lowest BCUT2D eigenvalue weighted by Crippen LogP contribution is -2.62. The summed E-state index contributed by atoms with van der Waals surface area (Å²) < 4.78 is 39.3. The van der Waals surface area contributed by atoms with Gasteiger partial charge in [-0.3, -0.25) is 4.79 Å². The Labute approximate surface area is 111 Å². The zero-order valence-corrected chi connectivity index (χ0v) is 10.6. The fourth-order valence-corrected chi connectivity index (χ4v) is 1.54.